The van der Waals surface area contributed by atoms with Crippen molar-refractivity contribution in [2.45, 2.75) is 38.5 Å². The maximum absolute atomic E-state index is 2.59. The highest BCUT2D eigenvalue weighted by Gasteiger charge is 2.40. The number of aromatic nitrogens is 2. The number of fused-ring (bicyclic) bond motifs is 17. The fourth-order valence-corrected chi connectivity index (χ4v) is 16.3. The first-order chi connectivity index (χ1) is 45.1. The first kappa shape index (κ1) is 52.5. The van der Waals surface area contributed by atoms with Crippen LogP contribution < -0.4 is 9.80 Å². The Labute approximate surface area is 534 Å². The van der Waals surface area contributed by atoms with Crippen molar-refractivity contribution in [3.63, 3.8) is 0 Å². The summed E-state index contributed by atoms with van der Waals surface area (Å²) in [6.07, 6.45) is 0. The Hall–Kier alpha value is -11.5. The summed E-state index contributed by atoms with van der Waals surface area (Å²) in [5.41, 5.74) is 23.1. The second-order valence-corrected chi connectivity index (χ2v) is 26.5. The van der Waals surface area contributed by atoms with Gasteiger partial charge in [-0.25, -0.2) is 0 Å². The Morgan fingerprint density at radius 3 is 1.30 bits per heavy atom. The van der Waals surface area contributed by atoms with Crippen LogP contribution in [0.2, 0.25) is 0 Å². The van der Waals surface area contributed by atoms with Gasteiger partial charge in [0, 0.05) is 55.1 Å². The quantitative estimate of drug-likeness (QED) is 0.154. The lowest BCUT2D eigenvalue weighted by Crippen LogP contribution is -2.31. The molecule has 4 heteroatoms. The summed E-state index contributed by atoms with van der Waals surface area (Å²) in [5.74, 6) is 0. The summed E-state index contributed by atoms with van der Waals surface area (Å²) < 4.78 is 5.08. The van der Waals surface area contributed by atoms with Crippen molar-refractivity contribution < 1.29 is 0 Å². The van der Waals surface area contributed by atoms with Gasteiger partial charge < -0.3 is 18.9 Å². The molecule has 0 amide bonds. The zero-order valence-corrected chi connectivity index (χ0v) is 51.7. The first-order valence-electron chi connectivity index (χ1n) is 32.2. The van der Waals surface area contributed by atoms with Crippen molar-refractivity contribution in [1.29, 1.82) is 0 Å². The average Bonchev–Trinajstić information content (AvgIpc) is 1.34. The van der Waals surface area contributed by atoms with Crippen LogP contribution in [-0.4, -0.2) is 9.13 Å². The van der Waals surface area contributed by atoms with Crippen molar-refractivity contribution in [2.75, 3.05) is 9.80 Å². The molecular weight excluding hydrogens is 1110 g/mol. The van der Waals surface area contributed by atoms with Gasteiger partial charge in [0.25, 0.3) is 0 Å². The highest BCUT2D eigenvalue weighted by molar-refractivity contribution is 6.29. The molecule has 2 aliphatic rings. The predicted molar refractivity (Wildman–Crippen MR) is 390 cm³/mol. The van der Waals surface area contributed by atoms with E-state index in [4.69, 9.17) is 0 Å². The summed E-state index contributed by atoms with van der Waals surface area (Å²) in [6.45, 7) is 9.66. The molecule has 0 radical (unpaired) electrons. The smallest absolute Gasteiger partial charge is 0.0562 e. The van der Waals surface area contributed by atoms with Gasteiger partial charge in [0.1, 0.15) is 0 Å². The lowest BCUT2D eigenvalue weighted by molar-refractivity contribution is 0.631. The molecule has 0 N–H and O–H groups in total. The second kappa shape index (κ2) is 19.5. The highest BCUT2D eigenvalue weighted by Crippen LogP contribution is 2.57. The number of anilines is 6. The molecule has 0 saturated carbocycles. The first-order valence-corrected chi connectivity index (χ1v) is 32.2. The van der Waals surface area contributed by atoms with Gasteiger partial charge in [0.2, 0.25) is 0 Å². The van der Waals surface area contributed by atoms with E-state index >= 15 is 0 Å². The summed E-state index contributed by atoms with van der Waals surface area (Å²) in [6, 6.07) is 114. The maximum atomic E-state index is 2.59. The lowest BCUT2D eigenvalue weighted by Gasteiger charge is -2.42. The molecule has 19 rings (SSSR count). The third-order valence-electron chi connectivity index (χ3n) is 20.8. The molecule has 15 aromatic carbocycles. The molecule has 4 heterocycles. The van der Waals surface area contributed by atoms with E-state index in [-0.39, 0.29) is 5.41 Å². The van der Waals surface area contributed by atoms with Crippen LogP contribution in [0.15, 0.2) is 303 Å². The fourth-order valence-electron chi connectivity index (χ4n) is 16.3. The Morgan fingerprint density at radius 2 is 0.641 bits per heavy atom. The zero-order valence-electron chi connectivity index (χ0n) is 51.7. The summed E-state index contributed by atoms with van der Waals surface area (Å²) >= 11 is 0. The van der Waals surface area contributed by atoms with E-state index in [1.807, 2.05) is 0 Å². The number of nitrogens with zero attached hydrogens (tertiary/aromatic N) is 4. The molecule has 0 unspecified atom stereocenters. The van der Waals surface area contributed by atoms with Crippen LogP contribution in [0, 0.1) is 0 Å². The second-order valence-electron chi connectivity index (χ2n) is 26.5. The van der Waals surface area contributed by atoms with Gasteiger partial charge >= 0.3 is 0 Å². The van der Waals surface area contributed by atoms with E-state index < -0.39 is 5.41 Å². The van der Waals surface area contributed by atoms with Crippen LogP contribution in [0.1, 0.15) is 49.9 Å². The molecular formula is C88H62N4. The average molecular weight is 1180 g/mol. The number of benzene rings is 15. The van der Waals surface area contributed by atoms with E-state index in [1.54, 1.807) is 0 Å². The SMILES string of the molecule is CC1(C)c2ccccc2N(c2ccccc2)c2cc(-n3c4cc5c(cc4c4cc6c7ccccc7c7ccccc7c6cc43)C(C)(C)c3cc4ccccc4cc3N5c3cccc(-n4c5ccc(-c6ccccc6)cc5c5cc(-c6ccccc6)ccc54)c3)ccc21. The topological polar surface area (TPSA) is 16.3 Å². The minimum Gasteiger partial charge on any atom is -0.310 e. The van der Waals surface area contributed by atoms with Gasteiger partial charge in [-0.3, -0.25) is 0 Å². The van der Waals surface area contributed by atoms with E-state index in [2.05, 4.69) is 350 Å². The predicted octanol–water partition coefficient (Wildman–Crippen LogP) is 24.0. The molecule has 2 aromatic heterocycles. The minimum absolute atomic E-state index is 0.264. The van der Waals surface area contributed by atoms with Crippen LogP contribution in [0.3, 0.4) is 0 Å². The highest BCUT2D eigenvalue weighted by atomic mass is 15.2. The molecule has 0 saturated heterocycles. The van der Waals surface area contributed by atoms with E-state index in [0.717, 1.165) is 45.0 Å². The molecule has 0 spiro atoms. The van der Waals surface area contributed by atoms with E-state index in [9.17, 15) is 0 Å². The Bertz CT molecular complexity index is 5850. The molecule has 0 bridgehead atoms. The Balaban J connectivity index is 0.896. The molecule has 2 aliphatic heterocycles. The van der Waals surface area contributed by atoms with Crippen LogP contribution >= 0.6 is 0 Å². The minimum atomic E-state index is -0.411. The van der Waals surface area contributed by atoms with Gasteiger partial charge in [-0.15, -0.1) is 0 Å². The molecule has 17 aromatic rings. The molecule has 0 aliphatic carbocycles. The molecule has 4 nitrogen and oxygen atoms in total. The number of para-hydroxylation sites is 2. The van der Waals surface area contributed by atoms with Crippen molar-refractivity contribution in [1.82, 2.24) is 9.13 Å². The van der Waals surface area contributed by atoms with Gasteiger partial charge in [-0.2, -0.15) is 0 Å². The number of rotatable bonds is 6. The van der Waals surface area contributed by atoms with Crippen LogP contribution in [0.5, 0.6) is 0 Å². The number of hydrogen-bond acceptors (Lipinski definition) is 2. The third-order valence-corrected chi connectivity index (χ3v) is 20.8. The van der Waals surface area contributed by atoms with Crippen molar-refractivity contribution >= 4 is 121 Å². The van der Waals surface area contributed by atoms with Gasteiger partial charge in [0.15, 0.2) is 0 Å². The summed E-state index contributed by atoms with van der Waals surface area (Å²) in [4.78, 5) is 5.08. The Morgan fingerprint density at radius 1 is 0.207 bits per heavy atom. The molecule has 434 valence electrons. The fraction of sp³-hybridized carbons (Fsp3) is 0.0682. The molecule has 0 atom stereocenters. The maximum Gasteiger partial charge on any atom is 0.0562 e. The summed E-state index contributed by atoms with van der Waals surface area (Å²) in [5, 5.41) is 14.9. The van der Waals surface area contributed by atoms with E-state index in [1.165, 1.54) is 132 Å². The molecule has 92 heavy (non-hydrogen) atoms. The van der Waals surface area contributed by atoms with E-state index in [0.29, 0.717) is 0 Å². The Kier molecular flexibility index (Phi) is 11.1. The van der Waals surface area contributed by atoms with Crippen LogP contribution in [0.25, 0.3) is 120 Å². The molecule has 0 fully saturated rings. The van der Waals surface area contributed by atoms with Gasteiger partial charge in [-0.1, -0.05) is 222 Å². The monoisotopic (exact) mass is 1170 g/mol. The van der Waals surface area contributed by atoms with Crippen molar-refractivity contribution in [2.24, 2.45) is 0 Å². The lowest BCUT2D eigenvalue weighted by atomic mass is 9.72. The van der Waals surface area contributed by atoms with Gasteiger partial charge in [-0.05, 0) is 197 Å². The largest absolute Gasteiger partial charge is 0.310 e. The van der Waals surface area contributed by atoms with Crippen LogP contribution in [0.4, 0.5) is 34.1 Å². The summed E-state index contributed by atoms with van der Waals surface area (Å²) in [7, 11) is 0. The van der Waals surface area contributed by atoms with Crippen molar-refractivity contribution in [3.05, 3.63) is 326 Å². The number of hydrogen-bond donors (Lipinski definition) is 0. The van der Waals surface area contributed by atoms with Crippen LogP contribution in [-0.2, 0) is 10.8 Å². The zero-order chi connectivity index (χ0) is 61.1. The van der Waals surface area contributed by atoms with Gasteiger partial charge in [0.05, 0.1) is 44.8 Å². The standard InChI is InChI=1S/C88H62N4/c1-87(2)75-37-20-21-38-81(75)89(61-29-12-7-13-30-61)85-50-64(41-42-76(85)87)91-82-53-70-68-36-19-17-34-66(68)65-33-16-18-35-67(65)69(70)51-73(82)74-52-78-86(54-83(74)91)92(84-48-58-28-15-14-27-57(58)47-77(84)88(78,3)4)63-32-22-31-62(49-63)90-79-43-39-59(55-23-8-5-9-24-55)45-71(79)72-46-60(40-44-80(72)90)56-25-10-6-11-26-56/h5-54H,1-4H3. The van der Waals surface area contributed by atoms with Crippen molar-refractivity contribution in [3.8, 4) is 33.6 Å². The normalized spacial score (nSPS) is 14.0. The third kappa shape index (κ3) is 7.58.